The molecule has 0 aromatic heterocycles. The van der Waals surface area contributed by atoms with Gasteiger partial charge in [-0.1, -0.05) is 68.4 Å². The van der Waals surface area contributed by atoms with Crippen LogP contribution in [-0.4, -0.2) is 26.2 Å². The Bertz CT molecular complexity index is 886. The lowest BCUT2D eigenvalue weighted by Gasteiger charge is -2.31. The molecule has 1 aliphatic rings. The van der Waals surface area contributed by atoms with Gasteiger partial charge < -0.3 is 10.2 Å². The molecule has 1 N–H and O–H groups in total. The fourth-order valence-electron chi connectivity index (χ4n) is 4.21. The summed E-state index contributed by atoms with van der Waals surface area (Å²) in [7, 11) is 0. The average molecular weight is 345 g/mol. The van der Waals surface area contributed by atoms with Crippen LogP contribution in [0.4, 0.5) is 5.69 Å². The van der Waals surface area contributed by atoms with E-state index in [-0.39, 0.29) is 5.41 Å². The molecule has 3 aromatic rings. The van der Waals surface area contributed by atoms with Crippen LogP contribution in [0.1, 0.15) is 25.0 Å². The zero-order chi connectivity index (χ0) is 18.0. The Kier molecular flexibility index (Phi) is 4.69. The number of anilines is 1. The van der Waals surface area contributed by atoms with Gasteiger partial charge in [0.25, 0.3) is 0 Å². The van der Waals surface area contributed by atoms with Crippen molar-refractivity contribution < 1.29 is 0 Å². The van der Waals surface area contributed by atoms with Crippen LogP contribution in [0.3, 0.4) is 0 Å². The molecular formula is C24H28N2. The molecule has 1 fully saturated rings. The first-order valence-corrected chi connectivity index (χ1v) is 9.66. The molecule has 0 amide bonds. The minimum Gasteiger partial charge on any atom is -0.369 e. The normalized spacial score (nSPS) is 15.4. The van der Waals surface area contributed by atoms with E-state index in [0.29, 0.717) is 0 Å². The molecule has 4 rings (SSSR count). The van der Waals surface area contributed by atoms with Gasteiger partial charge in [-0.15, -0.1) is 0 Å². The molecule has 0 saturated carbocycles. The number of hydrogen-bond acceptors (Lipinski definition) is 2. The largest absolute Gasteiger partial charge is 0.369 e. The smallest absolute Gasteiger partial charge is 0.0369 e. The molecule has 2 heteroatoms. The molecule has 1 heterocycles. The number of fused-ring (bicyclic) bond motifs is 1. The summed E-state index contributed by atoms with van der Waals surface area (Å²) >= 11 is 0. The zero-order valence-electron chi connectivity index (χ0n) is 15.8. The van der Waals surface area contributed by atoms with Crippen molar-refractivity contribution in [3.05, 3.63) is 77.9 Å². The van der Waals surface area contributed by atoms with E-state index in [4.69, 9.17) is 0 Å². The Morgan fingerprint density at radius 1 is 0.885 bits per heavy atom. The number of nitrogens with one attached hydrogen (secondary N) is 1. The Balaban J connectivity index is 1.63. The van der Waals surface area contributed by atoms with Crippen molar-refractivity contribution in [2.45, 2.75) is 25.7 Å². The summed E-state index contributed by atoms with van der Waals surface area (Å²) < 4.78 is 0. The quantitative estimate of drug-likeness (QED) is 0.733. The van der Waals surface area contributed by atoms with E-state index in [0.717, 1.165) is 32.6 Å². The minimum atomic E-state index is 0.0863. The van der Waals surface area contributed by atoms with Crippen LogP contribution in [0.25, 0.3) is 10.8 Å². The third-order valence-corrected chi connectivity index (χ3v) is 5.56. The van der Waals surface area contributed by atoms with Crippen molar-refractivity contribution in [3.8, 4) is 0 Å². The van der Waals surface area contributed by atoms with Gasteiger partial charge in [-0.05, 0) is 45.9 Å². The molecule has 0 unspecified atom stereocenters. The molecule has 0 radical (unpaired) electrons. The molecule has 0 bridgehead atoms. The second kappa shape index (κ2) is 7.13. The number of nitrogens with zero attached hydrogens (tertiary/aromatic N) is 1. The molecule has 1 saturated heterocycles. The van der Waals surface area contributed by atoms with Gasteiger partial charge in [0.2, 0.25) is 0 Å². The molecule has 0 atom stereocenters. The molecule has 26 heavy (non-hydrogen) atoms. The summed E-state index contributed by atoms with van der Waals surface area (Å²) in [4.78, 5) is 2.49. The maximum Gasteiger partial charge on any atom is 0.0369 e. The Morgan fingerprint density at radius 3 is 2.46 bits per heavy atom. The highest BCUT2D eigenvalue weighted by Gasteiger charge is 2.23. The van der Waals surface area contributed by atoms with Crippen molar-refractivity contribution in [1.29, 1.82) is 0 Å². The number of benzene rings is 3. The summed E-state index contributed by atoms with van der Waals surface area (Å²) in [6, 6.07) is 24.5. The monoisotopic (exact) mass is 344 g/mol. The number of rotatable bonds is 4. The Morgan fingerprint density at radius 2 is 1.62 bits per heavy atom. The lowest BCUT2D eigenvalue weighted by molar-refractivity contribution is 0.526. The van der Waals surface area contributed by atoms with Crippen LogP contribution >= 0.6 is 0 Å². The van der Waals surface area contributed by atoms with Gasteiger partial charge in [-0.25, -0.2) is 0 Å². The summed E-state index contributed by atoms with van der Waals surface area (Å²) in [6.45, 7) is 9.07. The molecule has 0 aliphatic carbocycles. The SMILES string of the molecule is CC(C)(Cc1cccc(N2CCNCC2)c1)c1cccc2ccccc12. The highest BCUT2D eigenvalue weighted by molar-refractivity contribution is 5.86. The van der Waals surface area contributed by atoms with Gasteiger partial charge >= 0.3 is 0 Å². The fraction of sp³-hybridized carbons (Fsp3) is 0.333. The lowest BCUT2D eigenvalue weighted by atomic mass is 9.77. The van der Waals surface area contributed by atoms with Crippen LogP contribution in [0, 0.1) is 0 Å². The van der Waals surface area contributed by atoms with Crippen molar-refractivity contribution in [2.75, 3.05) is 31.1 Å². The predicted octanol–water partition coefficient (Wildman–Crippen LogP) is 4.77. The van der Waals surface area contributed by atoms with Crippen LogP contribution < -0.4 is 10.2 Å². The van der Waals surface area contributed by atoms with E-state index in [2.05, 4.69) is 90.8 Å². The third-order valence-electron chi connectivity index (χ3n) is 5.56. The van der Waals surface area contributed by atoms with Gasteiger partial charge in [0.15, 0.2) is 0 Å². The molecular weight excluding hydrogens is 316 g/mol. The molecule has 134 valence electrons. The van der Waals surface area contributed by atoms with Crippen LogP contribution in [-0.2, 0) is 11.8 Å². The standard InChI is InChI=1S/C24H28N2/c1-24(2,23-12-6-9-20-8-3-4-11-22(20)23)18-19-7-5-10-21(17-19)26-15-13-25-14-16-26/h3-12,17,25H,13-16,18H2,1-2H3. The van der Waals surface area contributed by atoms with Gasteiger partial charge in [-0.3, -0.25) is 0 Å². The fourth-order valence-corrected chi connectivity index (χ4v) is 4.21. The summed E-state index contributed by atoms with van der Waals surface area (Å²) in [5.41, 5.74) is 4.29. The number of hydrogen-bond donors (Lipinski definition) is 1. The van der Waals surface area contributed by atoms with Gasteiger partial charge in [-0.2, -0.15) is 0 Å². The van der Waals surface area contributed by atoms with E-state index in [9.17, 15) is 0 Å². The molecule has 2 nitrogen and oxygen atoms in total. The third kappa shape index (κ3) is 3.47. The Hall–Kier alpha value is -2.32. The van der Waals surface area contributed by atoms with Crippen LogP contribution in [0.2, 0.25) is 0 Å². The molecule has 1 aliphatic heterocycles. The van der Waals surface area contributed by atoms with Gasteiger partial charge in [0.1, 0.15) is 0 Å². The first-order chi connectivity index (χ1) is 12.6. The van der Waals surface area contributed by atoms with Crippen molar-refractivity contribution in [1.82, 2.24) is 5.32 Å². The van der Waals surface area contributed by atoms with Crippen LogP contribution in [0.15, 0.2) is 66.7 Å². The zero-order valence-corrected chi connectivity index (χ0v) is 15.8. The number of piperazine rings is 1. The van der Waals surface area contributed by atoms with Gasteiger partial charge in [0.05, 0.1) is 0 Å². The maximum absolute atomic E-state index is 3.43. The second-order valence-electron chi connectivity index (χ2n) is 7.99. The van der Waals surface area contributed by atoms with E-state index in [1.54, 1.807) is 0 Å². The molecule has 3 aromatic carbocycles. The van der Waals surface area contributed by atoms with E-state index in [1.165, 1.54) is 27.6 Å². The summed E-state index contributed by atoms with van der Waals surface area (Å²) in [5.74, 6) is 0. The lowest BCUT2D eigenvalue weighted by Crippen LogP contribution is -2.43. The van der Waals surface area contributed by atoms with Crippen molar-refractivity contribution in [2.24, 2.45) is 0 Å². The average Bonchev–Trinajstić information content (AvgIpc) is 2.68. The first-order valence-electron chi connectivity index (χ1n) is 9.66. The van der Waals surface area contributed by atoms with Crippen molar-refractivity contribution in [3.63, 3.8) is 0 Å². The highest BCUT2D eigenvalue weighted by Crippen LogP contribution is 2.34. The predicted molar refractivity (Wildman–Crippen MR) is 112 cm³/mol. The van der Waals surface area contributed by atoms with Crippen LogP contribution in [0.5, 0.6) is 0 Å². The highest BCUT2D eigenvalue weighted by atomic mass is 15.2. The Labute approximate surface area is 156 Å². The van der Waals surface area contributed by atoms with E-state index in [1.807, 2.05) is 0 Å². The van der Waals surface area contributed by atoms with Gasteiger partial charge in [0, 0.05) is 31.9 Å². The second-order valence-corrected chi connectivity index (χ2v) is 7.99. The summed E-state index contributed by atoms with van der Waals surface area (Å²) in [5, 5.41) is 6.13. The maximum atomic E-state index is 3.43. The minimum absolute atomic E-state index is 0.0863. The van der Waals surface area contributed by atoms with Crippen molar-refractivity contribution >= 4 is 16.5 Å². The summed E-state index contributed by atoms with van der Waals surface area (Å²) in [6.07, 6.45) is 1.04. The first kappa shape index (κ1) is 17.1. The van der Waals surface area contributed by atoms with E-state index >= 15 is 0 Å². The topological polar surface area (TPSA) is 15.3 Å². The molecule has 0 spiro atoms. The van der Waals surface area contributed by atoms with E-state index < -0.39 is 0 Å².